The number of carboxylic acids is 1. The minimum Gasteiger partial charge on any atom is -0.489 e. The summed E-state index contributed by atoms with van der Waals surface area (Å²) in [6, 6.07) is 7.60. The minimum atomic E-state index is -0.858. The van der Waals surface area contributed by atoms with Gasteiger partial charge in [0, 0.05) is 6.61 Å². The summed E-state index contributed by atoms with van der Waals surface area (Å²) in [7, 11) is 0. The maximum atomic E-state index is 11.0. The van der Waals surface area contributed by atoms with Crippen LogP contribution in [0.5, 0.6) is 5.75 Å². The molecule has 1 aliphatic rings. The van der Waals surface area contributed by atoms with Crippen LogP contribution in [-0.4, -0.2) is 24.3 Å². The van der Waals surface area contributed by atoms with Gasteiger partial charge in [-0.25, -0.2) is 0 Å². The molecule has 1 aliphatic carbocycles. The molecule has 1 unspecified atom stereocenters. The molecule has 0 saturated heterocycles. The van der Waals surface area contributed by atoms with Crippen molar-refractivity contribution in [1.29, 1.82) is 0 Å². The van der Waals surface area contributed by atoms with E-state index in [0.717, 1.165) is 11.3 Å². The van der Waals surface area contributed by atoms with Crippen molar-refractivity contribution in [2.45, 2.75) is 78.2 Å². The lowest BCUT2D eigenvalue weighted by molar-refractivity contribution is -0.140. The van der Waals surface area contributed by atoms with Crippen LogP contribution < -0.4 is 4.74 Å². The molecule has 1 fully saturated rings. The maximum Gasteiger partial charge on any atom is 0.306 e. The van der Waals surface area contributed by atoms with Crippen molar-refractivity contribution in [3.8, 4) is 5.75 Å². The van der Waals surface area contributed by atoms with E-state index in [2.05, 4.69) is 19.9 Å². The largest absolute Gasteiger partial charge is 0.489 e. The van der Waals surface area contributed by atoms with Gasteiger partial charge in [0.25, 0.3) is 0 Å². The van der Waals surface area contributed by atoms with Gasteiger partial charge in [0.15, 0.2) is 0 Å². The Morgan fingerprint density at radius 1 is 1.18 bits per heavy atom. The first kappa shape index (κ1) is 22.5. The Morgan fingerprint density at radius 2 is 1.86 bits per heavy atom. The lowest BCUT2D eigenvalue weighted by atomic mass is 9.70. The van der Waals surface area contributed by atoms with Gasteiger partial charge in [-0.1, -0.05) is 50.8 Å². The SMILES string of the molecule is CCCC1(/C=C(\C)COc2ccc(C(CC(=O)O)OCC)cc2)CCCCC1. The van der Waals surface area contributed by atoms with E-state index in [-0.39, 0.29) is 6.42 Å². The quantitative estimate of drug-likeness (QED) is 0.451. The first-order chi connectivity index (χ1) is 13.5. The van der Waals surface area contributed by atoms with Crippen LogP contribution in [0.4, 0.5) is 0 Å². The van der Waals surface area contributed by atoms with E-state index >= 15 is 0 Å². The summed E-state index contributed by atoms with van der Waals surface area (Å²) >= 11 is 0. The first-order valence-corrected chi connectivity index (χ1v) is 10.7. The van der Waals surface area contributed by atoms with Crippen LogP contribution in [0, 0.1) is 5.41 Å². The van der Waals surface area contributed by atoms with E-state index in [1.807, 2.05) is 31.2 Å². The zero-order valence-electron chi connectivity index (χ0n) is 17.7. The predicted octanol–water partition coefficient (Wildman–Crippen LogP) is 6.31. The Hall–Kier alpha value is -1.81. The van der Waals surface area contributed by atoms with Crippen molar-refractivity contribution in [2.75, 3.05) is 13.2 Å². The summed E-state index contributed by atoms with van der Waals surface area (Å²) in [5.41, 5.74) is 2.52. The molecule has 28 heavy (non-hydrogen) atoms. The van der Waals surface area contributed by atoms with Crippen LogP contribution in [0.2, 0.25) is 0 Å². The summed E-state index contributed by atoms with van der Waals surface area (Å²) < 4.78 is 11.5. The molecule has 0 spiro atoms. The van der Waals surface area contributed by atoms with Crippen LogP contribution in [0.15, 0.2) is 35.9 Å². The monoisotopic (exact) mass is 388 g/mol. The highest BCUT2D eigenvalue weighted by Crippen LogP contribution is 2.42. The number of hydrogen-bond acceptors (Lipinski definition) is 3. The maximum absolute atomic E-state index is 11.0. The van der Waals surface area contributed by atoms with Crippen molar-refractivity contribution in [3.63, 3.8) is 0 Å². The van der Waals surface area contributed by atoms with Gasteiger partial charge in [0.1, 0.15) is 12.4 Å². The molecule has 4 heteroatoms. The zero-order chi connectivity index (χ0) is 20.4. The van der Waals surface area contributed by atoms with Crippen LogP contribution in [0.1, 0.15) is 83.8 Å². The molecular weight excluding hydrogens is 352 g/mol. The molecule has 0 aromatic heterocycles. The van der Waals surface area contributed by atoms with Crippen LogP contribution >= 0.6 is 0 Å². The molecule has 1 N–H and O–H groups in total. The van der Waals surface area contributed by atoms with Gasteiger partial charge in [0.05, 0.1) is 12.5 Å². The highest BCUT2D eigenvalue weighted by atomic mass is 16.5. The number of allylic oxidation sites excluding steroid dienone is 1. The van der Waals surface area contributed by atoms with Crippen LogP contribution in [0.25, 0.3) is 0 Å². The number of benzene rings is 1. The number of aliphatic carboxylic acids is 1. The Kier molecular flexibility index (Phi) is 9.04. The van der Waals surface area contributed by atoms with E-state index in [1.54, 1.807) is 0 Å². The van der Waals surface area contributed by atoms with Crippen molar-refractivity contribution < 1.29 is 19.4 Å². The molecule has 1 aromatic carbocycles. The topological polar surface area (TPSA) is 55.8 Å². The number of carboxylic acid groups (broad SMARTS) is 1. The van der Waals surface area contributed by atoms with Crippen molar-refractivity contribution >= 4 is 5.97 Å². The summed E-state index contributed by atoms with van der Waals surface area (Å²) in [6.07, 6.45) is 11.2. The van der Waals surface area contributed by atoms with E-state index in [9.17, 15) is 4.79 Å². The molecule has 4 nitrogen and oxygen atoms in total. The first-order valence-electron chi connectivity index (χ1n) is 10.7. The summed E-state index contributed by atoms with van der Waals surface area (Å²) in [5.74, 6) is -0.0569. The average Bonchev–Trinajstić information content (AvgIpc) is 2.67. The highest BCUT2D eigenvalue weighted by Gasteiger charge is 2.28. The number of ether oxygens (including phenoxy) is 2. The molecule has 0 heterocycles. The smallest absolute Gasteiger partial charge is 0.306 e. The summed E-state index contributed by atoms with van der Waals surface area (Å²) in [6.45, 7) is 7.39. The lowest BCUT2D eigenvalue weighted by Gasteiger charge is -2.35. The molecule has 1 aromatic rings. The normalized spacial score (nSPS) is 17.9. The van der Waals surface area contributed by atoms with Crippen molar-refractivity contribution in [3.05, 3.63) is 41.5 Å². The fraction of sp³-hybridized carbons (Fsp3) is 0.625. The van der Waals surface area contributed by atoms with Gasteiger partial charge < -0.3 is 14.6 Å². The number of hydrogen-bond donors (Lipinski definition) is 1. The number of carbonyl (C=O) groups is 1. The minimum absolute atomic E-state index is 0.0323. The Labute approximate surface area is 169 Å². The van der Waals surface area contributed by atoms with Crippen molar-refractivity contribution in [2.24, 2.45) is 5.41 Å². The second-order valence-corrected chi connectivity index (χ2v) is 8.06. The molecule has 0 amide bonds. The average molecular weight is 389 g/mol. The predicted molar refractivity (Wildman–Crippen MR) is 113 cm³/mol. The third-order valence-electron chi connectivity index (χ3n) is 5.60. The molecule has 1 saturated carbocycles. The van der Waals surface area contributed by atoms with Gasteiger partial charge in [-0.3, -0.25) is 4.79 Å². The van der Waals surface area contributed by atoms with E-state index in [0.29, 0.717) is 18.6 Å². The van der Waals surface area contributed by atoms with Crippen LogP contribution in [-0.2, 0) is 9.53 Å². The second-order valence-electron chi connectivity index (χ2n) is 8.06. The molecule has 2 rings (SSSR count). The summed E-state index contributed by atoms with van der Waals surface area (Å²) in [5, 5.41) is 9.05. The van der Waals surface area contributed by atoms with Gasteiger partial charge in [-0.05, 0) is 61.8 Å². The summed E-state index contributed by atoms with van der Waals surface area (Å²) in [4.78, 5) is 11.0. The molecule has 0 bridgehead atoms. The van der Waals surface area contributed by atoms with Crippen molar-refractivity contribution in [1.82, 2.24) is 0 Å². The van der Waals surface area contributed by atoms with E-state index < -0.39 is 12.1 Å². The fourth-order valence-corrected chi connectivity index (χ4v) is 4.39. The van der Waals surface area contributed by atoms with Gasteiger partial charge in [-0.2, -0.15) is 0 Å². The van der Waals surface area contributed by atoms with Gasteiger partial charge in [-0.15, -0.1) is 0 Å². The Balaban J connectivity index is 1.96. The second kappa shape index (κ2) is 11.3. The molecule has 0 aliphatic heterocycles. The third-order valence-corrected chi connectivity index (χ3v) is 5.60. The molecular formula is C24H36O4. The van der Waals surface area contributed by atoms with E-state index in [1.165, 1.54) is 50.5 Å². The molecule has 1 atom stereocenters. The molecule has 0 radical (unpaired) electrons. The van der Waals surface area contributed by atoms with E-state index in [4.69, 9.17) is 14.6 Å². The molecule has 156 valence electrons. The standard InChI is InChI=1S/C24H36O4/c1-4-13-24(14-7-6-8-15-24)17-19(3)18-28-21-11-9-20(10-12-21)22(27-5-2)16-23(25)26/h9-12,17,22H,4-8,13-16,18H2,1-3H3,(H,25,26)/b19-17+. The zero-order valence-corrected chi connectivity index (χ0v) is 17.7. The lowest BCUT2D eigenvalue weighted by Crippen LogP contribution is -2.22. The number of rotatable bonds is 11. The van der Waals surface area contributed by atoms with Crippen LogP contribution in [0.3, 0.4) is 0 Å². The van der Waals surface area contributed by atoms with Gasteiger partial charge in [0.2, 0.25) is 0 Å². The highest BCUT2D eigenvalue weighted by molar-refractivity contribution is 5.67. The Bertz CT molecular complexity index is 621. The third kappa shape index (κ3) is 6.97. The Morgan fingerprint density at radius 3 is 2.43 bits per heavy atom. The van der Waals surface area contributed by atoms with Gasteiger partial charge >= 0.3 is 5.97 Å². The fourth-order valence-electron chi connectivity index (χ4n) is 4.39.